The van der Waals surface area contributed by atoms with Crippen LogP contribution in [0.4, 0.5) is 0 Å². The number of rotatable bonds is 2. The predicted molar refractivity (Wildman–Crippen MR) is 79.1 cm³/mol. The van der Waals surface area contributed by atoms with Gasteiger partial charge in [0, 0.05) is 13.1 Å². The molecule has 0 spiro atoms. The van der Waals surface area contributed by atoms with Gasteiger partial charge in [0.1, 0.15) is 5.75 Å². The minimum absolute atomic E-state index is 0.532. The van der Waals surface area contributed by atoms with Crippen LogP contribution in [0.3, 0.4) is 0 Å². The standard InChI is InChI=1S/C17H25NO/c1-11(2)15-8-13-10-18(3)9-12-6-5-7-14(16(12)13)17(15)19-4/h8,11-12H,5-7,9-10H2,1-4H3. The number of methoxy groups -OCH3 is 1. The molecule has 2 aliphatic rings. The smallest absolute Gasteiger partial charge is 0.125 e. The Morgan fingerprint density at radius 1 is 1.37 bits per heavy atom. The maximum absolute atomic E-state index is 5.79. The lowest BCUT2D eigenvalue weighted by Gasteiger charge is -2.38. The monoisotopic (exact) mass is 259 g/mol. The van der Waals surface area contributed by atoms with E-state index < -0.39 is 0 Å². The average molecular weight is 259 g/mol. The average Bonchev–Trinajstić information content (AvgIpc) is 2.38. The zero-order valence-electron chi connectivity index (χ0n) is 12.6. The molecule has 0 aromatic heterocycles. The zero-order valence-corrected chi connectivity index (χ0v) is 12.6. The largest absolute Gasteiger partial charge is 0.496 e. The summed E-state index contributed by atoms with van der Waals surface area (Å²) >= 11 is 0. The summed E-state index contributed by atoms with van der Waals surface area (Å²) in [7, 11) is 4.08. The zero-order chi connectivity index (χ0) is 13.6. The Labute approximate surface area is 116 Å². The van der Waals surface area contributed by atoms with Gasteiger partial charge in [-0.15, -0.1) is 0 Å². The SMILES string of the molecule is COc1c(C(C)C)cc2c3c1CCCC3CN(C)C2. The van der Waals surface area contributed by atoms with Crippen LogP contribution >= 0.6 is 0 Å². The number of hydrogen-bond donors (Lipinski definition) is 0. The Kier molecular flexibility index (Phi) is 3.30. The van der Waals surface area contributed by atoms with Gasteiger partial charge in [0.15, 0.2) is 0 Å². The molecule has 104 valence electrons. The summed E-state index contributed by atoms with van der Waals surface area (Å²) in [6.45, 7) is 6.85. The summed E-state index contributed by atoms with van der Waals surface area (Å²) in [6.07, 6.45) is 3.85. The first-order chi connectivity index (χ1) is 9.11. The van der Waals surface area contributed by atoms with Crippen LogP contribution in [0.5, 0.6) is 5.75 Å². The van der Waals surface area contributed by atoms with Crippen LogP contribution in [0.25, 0.3) is 0 Å². The second-order valence-corrected chi connectivity index (χ2v) is 6.49. The van der Waals surface area contributed by atoms with Gasteiger partial charge in [-0.3, -0.25) is 0 Å². The summed E-state index contributed by atoms with van der Waals surface area (Å²) < 4.78 is 5.79. The molecule has 0 saturated heterocycles. The van der Waals surface area contributed by atoms with E-state index >= 15 is 0 Å². The number of likely N-dealkylation sites (N-methyl/N-ethyl adjacent to an activating group) is 1. The van der Waals surface area contributed by atoms with Crippen LogP contribution in [-0.2, 0) is 13.0 Å². The van der Waals surface area contributed by atoms with Gasteiger partial charge in [-0.2, -0.15) is 0 Å². The van der Waals surface area contributed by atoms with Gasteiger partial charge in [-0.1, -0.05) is 19.9 Å². The second kappa shape index (κ2) is 4.82. The van der Waals surface area contributed by atoms with Gasteiger partial charge >= 0.3 is 0 Å². The van der Waals surface area contributed by atoms with Crippen molar-refractivity contribution in [2.24, 2.45) is 0 Å². The molecular formula is C17H25NO. The first-order valence-electron chi connectivity index (χ1n) is 7.53. The summed E-state index contributed by atoms with van der Waals surface area (Å²) in [5.41, 5.74) is 6.10. The van der Waals surface area contributed by atoms with Crippen molar-refractivity contribution in [2.75, 3.05) is 20.7 Å². The van der Waals surface area contributed by atoms with Crippen molar-refractivity contribution in [3.8, 4) is 5.75 Å². The topological polar surface area (TPSA) is 12.5 Å². The van der Waals surface area contributed by atoms with Crippen molar-refractivity contribution in [2.45, 2.75) is 51.5 Å². The van der Waals surface area contributed by atoms with E-state index in [4.69, 9.17) is 4.74 Å². The fourth-order valence-corrected chi connectivity index (χ4v) is 3.96. The Morgan fingerprint density at radius 3 is 2.84 bits per heavy atom. The van der Waals surface area contributed by atoms with E-state index in [2.05, 4.69) is 31.9 Å². The Balaban J connectivity index is 2.22. The molecule has 1 atom stereocenters. The molecule has 1 aromatic carbocycles. The third kappa shape index (κ3) is 2.06. The van der Waals surface area contributed by atoms with Gasteiger partial charge in [0.05, 0.1) is 7.11 Å². The van der Waals surface area contributed by atoms with Crippen molar-refractivity contribution in [1.82, 2.24) is 4.90 Å². The molecule has 0 N–H and O–H groups in total. The molecule has 1 aliphatic heterocycles. The van der Waals surface area contributed by atoms with Crippen LogP contribution in [0.1, 0.15) is 60.8 Å². The van der Waals surface area contributed by atoms with Crippen LogP contribution in [0.15, 0.2) is 6.07 Å². The van der Waals surface area contributed by atoms with E-state index in [0.29, 0.717) is 5.92 Å². The van der Waals surface area contributed by atoms with E-state index in [1.165, 1.54) is 42.7 Å². The Morgan fingerprint density at radius 2 is 2.16 bits per heavy atom. The fraction of sp³-hybridized carbons (Fsp3) is 0.647. The molecule has 0 bridgehead atoms. The normalized spacial score (nSPS) is 22.5. The van der Waals surface area contributed by atoms with E-state index in [0.717, 1.165) is 12.5 Å². The molecule has 0 saturated carbocycles. The highest BCUT2D eigenvalue weighted by atomic mass is 16.5. The Hall–Kier alpha value is -1.02. The van der Waals surface area contributed by atoms with Crippen molar-refractivity contribution in [3.05, 3.63) is 28.3 Å². The van der Waals surface area contributed by atoms with E-state index in [1.807, 2.05) is 7.11 Å². The number of benzene rings is 1. The van der Waals surface area contributed by atoms with Gasteiger partial charge in [-0.05, 0) is 60.4 Å². The van der Waals surface area contributed by atoms with Crippen LogP contribution in [0, 0.1) is 0 Å². The molecule has 2 heteroatoms. The van der Waals surface area contributed by atoms with Crippen molar-refractivity contribution in [3.63, 3.8) is 0 Å². The maximum atomic E-state index is 5.79. The molecule has 1 unspecified atom stereocenters. The number of hydrogen-bond acceptors (Lipinski definition) is 2. The highest BCUT2D eigenvalue weighted by molar-refractivity contribution is 5.55. The number of nitrogens with zero attached hydrogens (tertiary/aromatic N) is 1. The van der Waals surface area contributed by atoms with Gasteiger partial charge in [-0.25, -0.2) is 0 Å². The van der Waals surface area contributed by atoms with E-state index in [9.17, 15) is 0 Å². The summed E-state index contributed by atoms with van der Waals surface area (Å²) in [5.74, 6) is 2.44. The summed E-state index contributed by atoms with van der Waals surface area (Å²) in [4.78, 5) is 2.47. The Bertz CT molecular complexity index is 493. The maximum Gasteiger partial charge on any atom is 0.125 e. The van der Waals surface area contributed by atoms with Gasteiger partial charge < -0.3 is 9.64 Å². The minimum Gasteiger partial charge on any atom is -0.496 e. The highest BCUT2D eigenvalue weighted by Gasteiger charge is 2.32. The van der Waals surface area contributed by atoms with Gasteiger partial charge in [0.2, 0.25) is 0 Å². The molecule has 19 heavy (non-hydrogen) atoms. The molecule has 3 rings (SSSR count). The fourth-order valence-electron chi connectivity index (χ4n) is 3.96. The lowest BCUT2D eigenvalue weighted by Crippen LogP contribution is -2.33. The molecule has 1 aromatic rings. The van der Waals surface area contributed by atoms with Crippen LogP contribution in [-0.4, -0.2) is 25.6 Å². The second-order valence-electron chi connectivity index (χ2n) is 6.49. The number of ether oxygens (including phenoxy) is 1. The molecule has 1 aliphatic carbocycles. The minimum atomic E-state index is 0.532. The lowest BCUT2D eigenvalue weighted by molar-refractivity contribution is 0.264. The van der Waals surface area contributed by atoms with Crippen molar-refractivity contribution >= 4 is 0 Å². The molecule has 1 heterocycles. The summed E-state index contributed by atoms with van der Waals surface area (Å²) in [6, 6.07) is 2.41. The molecule has 0 amide bonds. The first kappa shape index (κ1) is 13.0. The molecule has 2 nitrogen and oxygen atoms in total. The molecular weight excluding hydrogens is 234 g/mol. The molecule has 0 radical (unpaired) electrons. The molecule has 0 fully saturated rings. The van der Waals surface area contributed by atoms with Crippen molar-refractivity contribution in [1.29, 1.82) is 0 Å². The van der Waals surface area contributed by atoms with Crippen molar-refractivity contribution < 1.29 is 4.74 Å². The third-order valence-electron chi connectivity index (χ3n) is 4.72. The van der Waals surface area contributed by atoms with Crippen LogP contribution < -0.4 is 4.74 Å². The predicted octanol–water partition coefficient (Wildman–Crippen LogP) is 3.68. The lowest BCUT2D eigenvalue weighted by atomic mass is 9.75. The van der Waals surface area contributed by atoms with Gasteiger partial charge in [0.25, 0.3) is 0 Å². The van der Waals surface area contributed by atoms with E-state index in [-0.39, 0.29) is 0 Å². The quantitative estimate of drug-likeness (QED) is 0.803. The van der Waals surface area contributed by atoms with E-state index in [1.54, 1.807) is 11.1 Å². The summed E-state index contributed by atoms with van der Waals surface area (Å²) in [5, 5.41) is 0. The highest BCUT2D eigenvalue weighted by Crippen LogP contribution is 2.45. The van der Waals surface area contributed by atoms with Crippen LogP contribution in [0.2, 0.25) is 0 Å². The third-order valence-corrected chi connectivity index (χ3v) is 4.72. The first-order valence-corrected chi connectivity index (χ1v) is 7.53.